The summed E-state index contributed by atoms with van der Waals surface area (Å²) in [4.78, 5) is 56.3. The average molecular weight is 489 g/mol. The normalized spacial score (nSPS) is 11.1. The quantitative estimate of drug-likeness (QED) is 0.385. The van der Waals surface area contributed by atoms with Crippen LogP contribution in [0.25, 0.3) is 11.2 Å². The van der Waals surface area contributed by atoms with Crippen LogP contribution in [0.15, 0.2) is 70.5 Å². The number of hydrogen-bond donors (Lipinski definition) is 2. The Kier molecular flexibility index (Phi) is 7.14. The Labute approximate surface area is 207 Å². The number of imidazole rings is 1. The van der Waals surface area contributed by atoms with Gasteiger partial charge in [0, 0.05) is 12.1 Å². The molecule has 2 aromatic carbocycles. The van der Waals surface area contributed by atoms with Crippen LogP contribution < -0.4 is 22.1 Å². The summed E-state index contributed by atoms with van der Waals surface area (Å²) in [6.45, 7) is 5.93. The highest BCUT2D eigenvalue weighted by Gasteiger charge is 2.20. The predicted octanol–water partition coefficient (Wildman–Crippen LogP) is 1.83. The van der Waals surface area contributed by atoms with Gasteiger partial charge in [0.1, 0.15) is 6.54 Å². The molecule has 0 aliphatic heterocycles. The molecule has 2 N–H and O–H groups in total. The largest absolute Gasteiger partial charge is 0.333 e. The molecule has 0 atom stereocenters. The number of nitrogens with one attached hydrogen (secondary N) is 2. The molecule has 0 fully saturated rings. The van der Waals surface area contributed by atoms with Gasteiger partial charge < -0.3 is 4.57 Å². The first-order valence-electron chi connectivity index (χ1n) is 11.6. The lowest BCUT2D eigenvalue weighted by molar-refractivity contribution is -0.122. The zero-order valence-electron chi connectivity index (χ0n) is 20.4. The van der Waals surface area contributed by atoms with Gasteiger partial charge in [0.05, 0.1) is 12.9 Å². The monoisotopic (exact) mass is 488 g/mol. The van der Waals surface area contributed by atoms with E-state index >= 15 is 0 Å². The zero-order chi connectivity index (χ0) is 25.8. The van der Waals surface area contributed by atoms with E-state index in [-0.39, 0.29) is 23.6 Å². The SMILES string of the molecule is Cc1ccccc1C(=O)NNC(=O)Cn1c(=O)c2c(ncn2CC(C)C)n(Cc2ccccc2)c1=O. The lowest BCUT2D eigenvalue weighted by Crippen LogP contribution is -2.48. The van der Waals surface area contributed by atoms with E-state index in [0.29, 0.717) is 12.1 Å². The summed E-state index contributed by atoms with van der Waals surface area (Å²) < 4.78 is 3.97. The van der Waals surface area contributed by atoms with Crippen molar-refractivity contribution >= 4 is 23.0 Å². The van der Waals surface area contributed by atoms with Crippen LogP contribution in [0.1, 0.15) is 35.3 Å². The fourth-order valence-electron chi connectivity index (χ4n) is 4.02. The molecule has 10 heteroatoms. The Morgan fingerprint density at radius 3 is 2.33 bits per heavy atom. The third-order valence-corrected chi connectivity index (χ3v) is 5.74. The van der Waals surface area contributed by atoms with Gasteiger partial charge in [-0.2, -0.15) is 0 Å². The molecule has 4 aromatic rings. The first kappa shape index (κ1) is 24.6. The average Bonchev–Trinajstić information content (AvgIpc) is 3.26. The van der Waals surface area contributed by atoms with Gasteiger partial charge in [-0.05, 0) is 30.0 Å². The van der Waals surface area contributed by atoms with E-state index in [1.807, 2.05) is 44.2 Å². The van der Waals surface area contributed by atoms with Crippen molar-refractivity contribution in [3.05, 3.63) is 98.5 Å². The second kappa shape index (κ2) is 10.4. The van der Waals surface area contributed by atoms with Crippen molar-refractivity contribution in [2.75, 3.05) is 0 Å². The van der Waals surface area contributed by atoms with Crippen LogP contribution in [0, 0.1) is 12.8 Å². The minimum Gasteiger partial charge on any atom is -0.324 e. The van der Waals surface area contributed by atoms with Gasteiger partial charge in [0.15, 0.2) is 11.2 Å². The predicted molar refractivity (Wildman–Crippen MR) is 135 cm³/mol. The van der Waals surface area contributed by atoms with Gasteiger partial charge in [-0.15, -0.1) is 0 Å². The molecule has 2 heterocycles. The smallest absolute Gasteiger partial charge is 0.324 e. The minimum atomic E-state index is -0.711. The van der Waals surface area contributed by atoms with Crippen molar-refractivity contribution in [3.8, 4) is 0 Å². The van der Waals surface area contributed by atoms with Gasteiger partial charge in [-0.1, -0.05) is 62.4 Å². The highest BCUT2D eigenvalue weighted by Crippen LogP contribution is 2.12. The van der Waals surface area contributed by atoms with Crippen LogP contribution in [-0.4, -0.2) is 30.5 Å². The van der Waals surface area contributed by atoms with E-state index in [2.05, 4.69) is 15.8 Å². The number of fused-ring (bicyclic) bond motifs is 1. The van der Waals surface area contributed by atoms with Gasteiger partial charge in [0.2, 0.25) is 0 Å². The summed E-state index contributed by atoms with van der Waals surface area (Å²) in [5, 5.41) is 0. The summed E-state index contributed by atoms with van der Waals surface area (Å²) in [6.07, 6.45) is 1.54. The highest BCUT2D eigenvalue weighted by molar-refractivity contribution is 5.96. The van der Waals surface area contributed by atoms with E-state index in [1.54, 1.807) is 42.1 Å². The molecule has 2 aromatic heterocycles. The highest BCUT2D eigenvalue weighted by atomic mass is 16.2. The molecule has 36 heavy (non-hydrogen) atoms. The number of hydrazine groups is 1. The van der Waals surface area contributed by atoms with Gasteiger partial charge >= 0.3 is 5.69 Å². The van der Waals surface area contributed by atoms with E-state index in [9.17, 15) is 19.2 Å². The van der Waals surface area contributed by atoms with Crippen molar-refractivity contribution in [3.63, 3.8) is 0 Å². The molecular weight excluding hydrogens is 460 g/mol. The number of carbonyl (C=O) groups excluding carboxylic acids is 2. The molecule has 0 unspecified atom stereocenters. The van der Waals surface area contributed by atoms with Gasteiger partial charge in [-0.25, -0.2) is 14.3 Å². The van der Waals surface area contributed by atoms with E-state index in [0.717, 1.165) is 15.7 Å². The molecule has 0 aliphatic carbocycles. The van der Waals surface area contributed by atoms with Crippen molar-refractivity contribution in [2.24, 2.45) is 5.92 Å². The Hall–Kier alpha value is -4.47. The van der Waals surface area contributed by atoms with Crippen LogP contribution in [0.3, 0.4) is 0 Å². The molecule has 0 radical (unpaired) electrons. The second-order valence-electron chi connectivity index (χ2n) is 9.03. The lowest BCUT2D eigenvalue weighted by atomic mass is 10.1. The summed E-state index contributed by atoms with van der Waals surface area (Å²) in [6, 6.07) is 16.3. The molecule has 10 nitrogen and oxygen atoms in total. The van der Waals surface area contributed by atoms with E-state index < -0.39 is 29.6 Å². The number of benzene rings is 2. The van der Waals surface area contributed by atoms with Crippen molar-refractivity contribution in [2.45, 2.75) is 40.4 Å². The third-order valence-electron chi connectivity index (χ3n) is 5.74. The maximum atomic E-state index is 13.4. The van der Waals surface area contributed by atoms with E-state index in [1.165, 1.54) is 4.57 Å². The topological polar surface area (TPSA) is 120 Å². The summed E-state index contributed by atoms with van der Waals surface area (Å²) in [5.41, 5.74) is 5.87. The summed E-state index contributed by atoms with van der Waals surface area (Å²) in [5.74, 6) is -0.984. The summed E-state index contributed by atoms with van der Waals surface area (Å²) in [7, 11) is 0. The molecule has 0 bridgehead atoms. The number of nitrogens with zero attached hydrogens (tertiary/aromatic N) is 4. The first-order chi connectivity index (χ1) is 17.3. The molecule has 4 rings (SSSR count). The van der Waals surface area contributed by atoms with Crippen LogP contribution in [-0.2, 0) is 24.4 Å². The number of hydrogen-bond acceptors (Lipinski definition) is 5. The first-order valence-corrected chi connectivity index (χ1v) is 11.6. The van der Waals surface area contributed by atoms with Gasteiger partial charge in [0.25, 0.3) is 17.4 Å². The standard InChI is InChI=1S/C26H28N6O4/c1-17(2)13-30-16-27-23-22(30)25(35)32(26(36)31(23)14-19-10-5-4-6-11-19)15-21(33)28-29-24(34)20-12-8-7-9-18(20)3/h4-12,16-17H,13-15H2,1-3H3,(H,28,33)(H,29,34). The van der Waals surface area contributed by atoms with Gasteiger partial charge in [-0.3, -0.25) is 29.8 Å². The number of aromatic nitrogens is 4. The molecule has 2 amide bonds. The van der Waals surface area contributed by atoms with Crippen LogP contribution in [0.4, 0.5) is 0 Å². The Morgan fingerprint density at radius 1 is 0.944 bits per heavy atom. The number of amides is 2. The maximum absolute atomic E-state index is 13.4. The Balaban J connectivity index is 1.67. The Bertz CT molecular complexity index is 1530. The van der Waals surface area contributed by atoms with Crippen LogP contribution in [0.5, 0.6) is 0 Å². The molecular formula is C26H28N6O4. The Morgan fingerprint density at radius 2 is 1.64 bits per heavy atom. The van der Waals surface area contributed by atoms with Crippen molar-refractivity contribution < 1.29 is 9.59 Å². The lowest BCUT2D eigenvalue weighted by Gasteiger charge is -2.14. The number of rotatable bonds is 7. The second-order valence-corrected chi connectivity index (χ2v) is 9.03. The maximum Gasteiger partial charge on any atom is 0.333 e. The molecule has 0 spiro atoms. The van der Waals surface area contributed by atoms with Crippen LogP contribution in [0.2, 0.25) is 0 Å². The number of aryl methyl sites for hydroxylation is 1. The molecule has 0 saturated carbocycles. The molecule has 0 saturated heterocycles. The zero-order valence-corrected chi connectivity index (χ0v) is 20.4. The third kappa shape index (κ3) is 5.12. The van der Waals surface area contributed by atoms with E-state index in [4.69, 9.17) is 0 Å². The minimum absolute atomic E-state index is 0.181. The summed E-state index contributed by atoms with van der Waals surface area (Å²) >= 11 is 0. The molecule has 186 valence electrons. The fourth-order valence-corrected chi connectivity index (χ4v) is 4.02. The fraction of sp³-hybridized carbons (Fsp3) is 0.269. The molecule has 0 aliphatic rings. The van der Waals surface area contributed by atoms with Crippen molar-refractivity contribution in [1.82, 2.24) is 29.5 Å². The van der Waals surface area contributed by atoms with Crippen LogP contribution >= 0.6 is 0 Å². The number of carbonyl (C=O) groups is 2. The van der Waals surface area contributed by atoms with Crippen molar-refractivity contribution in [1.29, 1.82) is 0 Å².